The molecule has 1 aromatic carbocycles. The third kappa shape index (κ3) is 2.81. The molecule has 7 heteroatoms. The van der Waals surface area contributed by atoms with E-state index in [1.807, 2.05) is 27.7 Å². The number of halogens is 1. The van der Waals surface area contributed by atoms with Crippen molar-refractivity contribution in [3.05, 3.63) is 28.8 Å². The average molecular weight is 347 g/mol. The Balaban J connectivity index is 1.83. The zero-order valence-electron chi connectivity index (χ0n) is 14.3. The van der Waals surface area contributed by atoms with Gasteiger partial charge in [-0.05, 0) is 45.9 Å². The Bertz CT molecular complexity index is 707. The van der Waals surface area contributed by atoms with Gasteiger partial charge in [-0.2, -0.15) is 5.26 Å². The van der Waals surface area contributed by atoms with Gasteiger partial charge in [0.15, 0.2) is 0 Å². The third-order valence-corrected chi connectivity index (χ3v) is 5.45. The number of nitrogens with zero attached hydrogens (tertiary/aromatic N) is 2. The van der Waals surface area contributed by atoms with E-state index in [0.717, 1.165) is 0 Å². The molecule has 0 radical (unpaired) electrons. The number of nitriles is 1. The van der Waals surface area contributed by atoms with Crippen molar-refractivity contribution in [1.82, 2.24) is 4.90 Å². The standard InChI is InChI=1S/C17H20BClN2O3/c1-16(2)17(3,4)24-18(23-16)13-7-12(5-6-14(13)19)15(22)21-9-11(8-20)10-21/h5-7,11H,9-10H2,1-4H3. The van der Waals surface area contributed by atoms with Crippen LogP contribution in [0.15, 0.2) is 18.2 Å². The van der Waals surface area contributed by atoms with Gasteiger partial charge in [-0.15, -0.1) is 0 Å². The van der Waals surface area contributed by atoms with Crippen LogP contribution in [-0.4, -0.2) is 42.2 Å². The first-order valence-electron chi connectivity index (χ1n) is 7.98. The van der Waals surface area contributed by atoms with E-state index in [9.17, 15) is 4.79 Å². The minimum absolute atomic E-state index is 0.0659. The summed E-state index contributed by atoms with van der Waals surface area (Å²) in [6.45, 7) is 8.83. The number of hydrogen-bond acceptors (Lipinski definition) is 4. The lowest BCUT2D eigenvalue weighted by molar-refractivity contribution is 0.00578. The molecule has 2 fully saturated rings. The van der Waals surface area contributed by atoms with E-state index in [1.54, 1.807) is 23.1 Å². The minimum atomic E-state index is -0.613. The van der Waals surface area contributed by atoms with E-state index in [4.69, 9.17) is 26.2 Å². The molecule has 3 rings (SSSR count). The topological polar surface area (TPSA) is 62.6 Å². The zero-order chi connectivity index (χ0) is 17.7. The highest BCUT2D eigenvalue weighted by Crippen LogP contribution is 2.37. The summed E-state index contributed by atoms with van der Waals surface area (Å²) in [5, 5.41) is 9.34. The molecular weight excluding hydrogens is 326 g/mol. The van der Waals surface area contributed by atoms with Crippen LogP contribution in [0.25, 0.3) is 0 Å². The number of rotatable bonds is 2. The van der Waals surface area contributed by atoms with Gasteiger partial charge in [-0.1, -0.05) is 11.6 Å². The Morgan fingerprint density at radius 2 is 1.88 bits per heavy atom. The molecule has 2 aliphatic heterocycles. The first kappa shape index (κ1) is 17.3. The number of hydrogen-bond donors (Lipinski definition) is 0. The maximum Gasteiger partial charge on any atom is 0.496 e. The predicted molar refractivity (Wildman–Crippen MR) is 92.2 cm³/mol. The van der Waals surface area contributed by atoms with Gasteiger partial charge in [0.2, 0.25) is 0 Å². The lowest BCUT2D eigenvalue weighted by Gasteiger charge is -2.35. The van der Waals surface area contributed by atoms with Crippen LogP contribution in [0.4, 0.5) is 0 Å². The van der Waals surface area contributed by atoms with Gasteiger partial charge in [-0.25, -0.2) is 0 Å². The first-order chi connectivity index (χ1) is 11.1. The third-order valence-electron chi connectivity index (χ3n) is 5.10. The highest BCUT2D eigenvalue weighted by molar-refractivity contribution is 6.65. The summed E-state index contributed by atoms with van der Waals surface area (Å²) in [5.41, 5.74) is 0.232. The maximum atomic E-state index is 12.5. The van der Waals surface area contributed by atoms with E-state index in [1.165, 1.54) is 0 Å². The van der Waals surface area contributed by atoms with Gasteiger partial charge in [-0.3, -0.25) is 4.79 Å². The van der Waals surface area contributed by atoms with Crippen LogP contribution in [0.1, 0.15) is 38.1 Å². The van der Waals surface area contributed by atoms with Crippen LogP contribution < -0.4 is 5.46 Å². The summed E-state index contributed by atoms with van der Waals surface area (Å²) in [6, 6.07) is 7.28. The molecule has 0 atom stereocenters. The molecule has 2 saturated heterocycles. The number of amides is 1. The molecule has 0 unspecified atom stereocenters. The first-order valence-corrected chi connectivity index (χ1v) is 8.36. The molecule has 0 N–H and O–H groups in total. The predicted octanol–water partition coefficient (Wildman–Crippen LogP) is 2.23. The molecule has 2 heterocycles. The minimum Gasteiger partial charge on any atom is -0.399 e. The molecule has 5 nitrogen and oxygen atoms in total. The quantitative estimate of drug-likeness (QED) is 0.771. The molecule has 0 saturated carbocycles. The fraction of sp³-hybridized carbons (Fsp3) is 0.529. The van der Waals surface area contributed by atoms with E-state index in [-0.39, 0.29) is 11.8 Å². The van der Waals surface area contributed by atoms with E-state index >= 15 is 0 Å². The van der Waals surface area contributed by atoms with Gasteiger partial charge in [0.25, 0.3) is 5.91 Å². The molecule has 0 spiro atoms. The van der Waals surface area contributed by atoms with E-state index in [2.05, 4.69) is 6.07 Å². The van der Waals surface area contributed by atoms with Gasteiger partial charge < -0.3 is 14.2 Å². The van der Waals surface area contributed by atoms with Crippen LogP contribution in [0.5, 0.6) is 0 Å². The Hall–Kier alpha value is -1.55. The molecular formula is C17H20BClN2O3. The van der Waals surface area contributed by atoms with Crippen LogP contribution in [0.2, 0.25) is 5.02 Å². The molecule has 0 aliphatic carbocycles. The Morgan fingerprint density at radius 1 is 1.29 bits per heavy atom. The number of likely N-dealkylation sites (tertiary alicyclic amines) is 1. The van der Waals surface area contributed by atoms with Crippen LogP contribution in [0, 0.1) is 17.2 Å². The summed E-state index contributed by atoms with van der Waals surface area (Å²) in [7, 11) is -0.613. The fourth-order valence-electron chi connectivity index (χ4n) is 2.74. The molecule has 0 aromatic heterocycles. The Morgan fingerprint density at radius 3 is 2.42 bits per heavy atom. The molecule has 24 heavy (non-hydrogen) atoms. The summed E-state index contributed by atoms with van der Waals surface area (Å²) in [5.74, 6) is -0.167. The SMILES string of the molecule is CC1(C)OB(c2cc(C(=O)N3CC(C#N)C3)ccc2Cl)OC1(C)C. The van der Waals surface area contributed by atoms with E-state index < -0.39 is 18.3 Å². The van der Waals surface area contributed by atoms with Gasteiger partial charge in [0, 0.05) is 29.1 Å². The largest absolute Gasteiger partial charge is 0.496 e. The Kier molecular flexibility index (Phi) is 4.15. The van der Waals surface area contributed by atoms with Gasteiger partial charge in [0.05, 0.1) is 23.2 Å². The Labute approximate surface area is 147 Å². The highest BCUT2D eigenvalue weighted by Gasteiger charge is 2.52. The summed E-state index contributed by atoms with van der Waals surface area (Å²) < 4.78 is 12.1. The smallest absolute Gasteiger partial charge is 0.399 e. The summed E-state index contributed by atoms with van der Waals surface area (Å²) in [4.78, 5) is 14.2. The van der Waals surface area contributed by atoms with Gasteiger partial charge in [0.1, 0.15) is 0 Å². The van der Waals surface area contributed by atoms with Gasteiger partial charge >= 0.3 is 7.12 Å². The van der Waals surface area contributed by atoms with Crippen molar-refractivity contribution in [2.45, 2.75) is 38.9 Å². The summed E-state index contributed by atoms with van der Waals surface area (Å²) in [6.07, 6.45) is 0. The maximum absolute atomic E-state index is 12.5. The molecule has 1 aromatic rings. The van der Waals surface area contributed by atoms with Crippen molar-refractivity contribution in [2.75, 3.05) is 13.1 Å². The zero-order valence-corrected chi connectivity index (χ0v) is 15.1. The van der Waals surface area contributed by atoms with E-state index in [0.29, 0.717) is 29.1 Å². The van der Waals surface area contributed by atoms with Crippen LogP contribution in [0.3, 0.4) is 0 Å². The molecule has 2 aliphatic rings. The summed E-state index contributed by atoms with van der Waals surface area (Å²) >= 11 is 6.31. The van der Waals surface area contributed by atoms with Crippen LogP contribution in [-0.2, 0) is 9.31 Å². The van der Waals surface area contributed by atoms with Crippen molar-refractivity contribution in [1.29, 1.82) is 5.26 Å². The molecule has 126 valence electrons. The lowest BCUT2D eigenvalue weighted by atomic mass is 9.78. The average Bonchev–Trinajstić information content (AvgIpc) is 2.66. The number of carbonyl (C=O) groups is 1. The van der Waals surface area contributed by atoms with Crippen molar-refractivity contribution >= 4 is 30.1 Å². The number of benzene rings is 1. The lowest BCUT2D eigenvalue weighted by Crippen LogP contribution is -2.49. The fourth-order valence-corrected chi connectivity index (χ4v) is 2.94. The van der Waals surface area contributed by atoms with Crippen molar-refractivity contribution in [2.24, 2.45) is 5.92 Å². The van der Waals surface area contributed by atoms with Crippen molar-refractivity contribution in [3.8, 4) is 6.07 Å². The second-order valence-electron chi connectivity index (χ2n) is 7.36. The second kappa shape index (κ2) is 5.77. The van der Waals surface area contributed by atoms with Crippen LogP contribution >= 0.6 is 11.6 Å². The monoisotopic (exact) mass is 346 g/mol. The van der Waals surface area contributed by atoms with Crippen molar-refractivity contribution < 1.29 is 14.1 Å². The molecule has 1 amide bonds. The number of carbonyl (C=O) groups excluding carboxylic acids is 1. The second-order valence-corrected chi connectivity index (χ2v) is 7.77. The highest BCUT2D eigenvalue weighted by atomic mass is 35.5. The normalized spacial score (nSPS) is 22.2. The molecule has 0 bridgehead atoms. The van der Waals surface area contributed by atoms with Crippen molar-refractivity contribution in [3.63, 3.8) is 0 Å².